The zero-order valence-corrected chi connectivity index (χ0v) is 21.1. The summed E-state index contributed by atoms with van der Waals surface area (Å²) in [5, 5.41) is 7.12. The first kappa shape index (κ1) is 28.8. The number of carbonyl (C=O) groups excluding carboxylic acids is 2. The lowest BCUT2D eigenvalue weighted by molar-refractivity contribution is -0.192. The Morgan fingerprint density at radius 2 is 1.54 bits per heavy atom. The molecule has 0 radical (unpaired) electrons. The van der Waals surface area contributed by atoms with Crippen LogP contribution in [0.3, 0.4) is 0 Å². The van der Waals surface area contributed by atoms with Crippen LogP contribution >= 0.6 is 0 Å². The minimum absolute atomic E-state index is 0.0442. The topological polar surface area (TPSA) is 81.2 Å². The van der Waals surface area contributed by atoms with E-state index in [0.717, 1.165) is 63.6 Å². The lowest BCUT2D eigenvalue weighted by Crippen LogP contribution is -2.53. The van der Waals surface area contributed by atoms with Crippen LogP contribution in [0.15, 0.2) is 18.2 Å². The van der Waals surface area contributed by atoms with Crippen LogP contribution in [0.25, 0.3) is 0 Å². The van der Waals surface area contributed by atoms with Gasteiger partial charge in [-0.1, -0.05) is 13.8 Å². The first-order valence-electron chi connectivity index (χ1n) is 12.1. The Kier molecular flexibility index (Phi) is 8.21. The van der Waals surface area contributed by atoms with Gasteiger partial charge in [0, 0.05) is 63.4 Å². The molecule has 1 aromatic carbocycles. The minimum Gasteiger partial charge on any atom is -0.475 e. The summed E-state index contributed by atoms with van der Waals surface area (Å²) in [5.41, 5.74) is -0.479. The number of alkyl halides is 3. The number of amides is 2. The van der Waals surface area contributed by atoms with E-state index in [9.17, 15) is 31.5 Å². The second kappa shape index (κ2) is 10.5. The lowest BCUT2D eigenvalue weighted by Gasteiger charge is -2.47. The van der Waals surface area contributed by atoms with E-state index in [0.29, 0.717) is 19.0 Å². The highest BCUT2D eigenvalue weighted by Crippen LogP contribution is 2.57. The monoisotopic (exact) mass is 533 g/mol. The molecule has 3 fully saturated rings. The fraction of sp³-hybridized carbons (Fsp3) is 0.640. The van der Waals surface area contributed by atoms with Crippen LogP contribution in [0.5, 0.6) is 0 Å². The Morgan fingerprint density at radius 1 is 1.00 bits per heavy atom. The fourth-order valence-electron chi connectivity index (χ4n) is 6.04. The lowest BCUT2D eigenvalue weighted by atomic mass is 9.60. The summed E-state index contributed by atoms with van der Waals surface area (Å²) in [7, 11) is 1.88. The molecule has 1 N–H and O–H groups in total. The average molecular weight is 534 g/mol. The summed E-state index contributed by atoms with van der Waals surface area (Å²) in [4.78, 5) is 41.0. The SMILES string of the molecule is CC(C)CN1CC2(CCN(C(=O)c3cc(F)cc(F)c3)CC2)C2(CCN(C)C2=O)C1.O=C(O)C(F)(F)F. The van der Waals surface area contributed by atoms with Crippen molar-refractivity contribution in [2.45, 2.75) is 39.3 Å². The maximum atomic E-state index is 13.6. The molecule has 4 rings (SSSR count). The zero-order valence-electron chi connectivity index (χ0n) is 21.1. The molecule has 1 atom stereocenters. The molecule has 2 amide bonds. The Labute approximate surface area is 212 Å². The van der Waals surface area contributed by atoms with Crippen LogP contribution < -0.4 is 0 Å². The summed E-state index contributed by atoms with van der Waals surface area (Å²) >= 11 is 0. The van der Waals surface area contributed by atoms with Crippen molar-refractivity contribution in [1.29, 1.82) is 0 Å². The van der Waals surface area contributed by atoms with Gasteiger partial charge in [0.05, 0.1) is 5.41 Å². The molecular weight excluding hydrogens is 501 g/mol. The van der Waals surface area contributed by atoms with Crippen molar-refractivity contribution in [1.82, 2.24) is 14.7 Å². The van der Waals surface area contributed by atoms with E-state index in [1.54, 1.807) is 4.90 Å². The smallest absolute Gasteiger partial charge is 0.475 e. The maximum absolute atomic E-state index is 13.6. The largest absolute Gasteiger partial charge is 0.490 e. The van der Waals surface area contributed by atoms with Crippen molar-refractivity contribution >= 4 is 17.8 Å². The predicted molar refractivity (Wildman–Crippen MR) is 124 cm³/mol. The number of benzene rings is 1. The highest BCUT2D eigenvalue weighted by atomic mass is 19.4. The van der Waals surface area contributed by atoms with Gasteiger partial charge in [0.1, 0.15) is 11.6 Å². The van der Waals surface area contributed by atoms with Crippen LogP contribution in [-0.2, 0) is 9.59 Å². The number of carboxylic acids is 1. The third-order valence-corrected chi connectivity index (χ3v) is 7.65. The number of hydrogen-bond donors (Lipinski definition) is 1. The van der Waals surface area contributed by atoms with Crippen molar-refractivity contribution < 1.29 is 41.4 Å². The molecule has 1 aromatic rings. The standard InChI is InChI=1S/C23H31F2N3O2.C2HF3O2/c1-16(2)13-27-14-22(23(15-27)6-7-26(3)21(23)30)4-8-28(9-5-22)20(29)17-10-18(24)12-19(25)11-17;3-2(4,5)1(6)7/h10-12,16H,4-9,13-15H2,1-3H3;(H,6,7). The second-order valence-corrected chi connectivity index (χ2v) is 10.7. The van der Waals surface area contributed by atoms with Crippen molar-refractivity contribution in [3.8, 4) is 0 Å². The van der Waals surface area contributed by atoms with Crippen molar-refractivity contribution in [2.24, 2.45) is 16.7 Å². The Hall–Kier alpha value is -2.76. The van der Waals surface area contributed by atoms with E-state index < -0.39 is 23.8 Å². The summed E-state index contributed by atoms with van der Waals surface area (Å²) in [6, 6.07) is 2.95. The zero-order chi connectivity index (χ0) is 27.8. The Balaban J connectivity index is 0.000000479. The van der Waals surface area contributed by atoms with Crippen molar-refractivity contribution in [2.75, 3.05) is 46.3 Å². The highest BCUT2D eigenvalue weighted by Gasteiger charge is 2.64. The van der Waals surface area contributed by atoms with Gasteiger partial charge in [-0.05, 0) is 37.3 Å². The third-order valence-electron chi connectivity index (χ3n) is 7.65. The van der Waals surface area contributed by atoms with Gasteiger partial charge in [0.25, 0.3) is 5.91 Å². The molecule has 3 heterocycles. The highest BCUT2D eigenvalue weighted by molar-refractivity contribution is 5.94. The number of piperidine rings is 1. The molecular formula is C25H32F5N3O4. The molecule has 7 nitrogen and oxygen atoms in total. The first-order chi connectivity index (χ1) is 17.1. The van der Waals surface area contributed by atoms with Gasteiger partial charge in [-0.25, -0.2) is 13.6 Å². The van der Waals surface area contributed by atoms with E-state index in [1.807, 2.05) is 11.9 Å². The number of carbonyl (C=O) groups is 3. The summed E-state index contributed by atoms with van der Waals surface area (Å²) in [5.74, 6) is -3.83. The summed E-state index contributed by atoms with van der Waals surface area (Å²) in [6.07, 6.45) is -2.74. The molecule has 3 aliphatic rings. The van der Waals surface area contributed by atoms with Gasteiger partial charge in [0.2, 0.25) is 5.91 Å². The van der Waals surface area contributed by atoms with Gasteiger partial charge in [-0.2, -0.15) is 13.2 Å². The van der Waals surface area contributed by atoms with E-state index >= 15 is 0 Å². The first-order valence-corrected chi connectivity index (χ1v) is 12.1. The molecule has 0 bridgehead atoms. The Bertz CT molecular complexity index is 1020. The van der Waals surface area contributed by atoms with Gasteiger partial charge >= 0.3 is 12.1 Å². The maximum Gasteiger partial charge on any atom is 0.490 e. The molecule has 1 unspecified atom stereocenters. The molecule has 3 aliphatic heterocycles. The molecule has 12 heteroatoms. The third kappa shape index (κ3) is 5.89. The van der Waals surface area contributed by atoms with Crippen LogP contribution in [0.1, 0.15) is 43.5 Å². The number of halogens is 5. The minimum atomic E-state index is -5.08. The van der Waals surface area contributed by atoms with Crippen molar-refractivity contribution in [3.63, 3.8) is 0 Å². The molecule has 0 aromatic heterocycles. The van der Waals surface area contributed by atoms with Crippen LogP contribution in [0, 0.1) is 28.4 Å². The normalized spacial score (nSPS) is 23.6. The molecule has 0 aliphatic carbocycles. The number of likely N-dealkylation sites (tertiary alicyclic amines) is 3. The van der Waals surface area contributed by atoms with Gasteiger partial charge in [0.15, 0.2) is 0 Å². The van der Waals surface area contributed by atoms with E-state index in [2.05, 4.69) is 18.7 Å². The van der Waals surface area contributed by atoms with E-state index in [-0.39, 0.29) is 28.2 Å². The summed E-state index contributed by atoms with van der Waals surface area (Å²) in [6.45, 7) is 8.81. The van der Waals surface area contributed by atoms with E-state index in [4.69, 9.17) is 9.90 Å². The number of carboxylic acid groups (broad SMARTS) is 1. The number of hydrogen-bond acceptors (Lipinski definition) is 4. The Morgan fingerprint density at radius 3 is 1.97 bits per heavy atom. The molecule has 3 saturated heterocycles. The van der Waals surface area contributed by atoms with Gasteiger partial charge in [-0.15, -0.1) is 0 Å². The fourth-order valence-corrected chi connectivity index (χ4v) is 6.04. The second-order valence-electron chi connectivity index (χ2n) is 10.7. The number of aliphatic carboxylic acids is 1. The quantitative estimate of drug-likeness (QED) is 0.601. The van der Waals surface area contributed by atoms with Gasteiger partial charge < -0.3 is 19.8 Å². The molecule has 37 heavy (non-hydrogen) atoms. The summed E-state index contributed by atoms with van der Waals surface area (Å²) < 4.78 is 58.9. The van der Waals surface area contributed by atoms with Crippen molar-refractivity contribution in [3.05, 3.63) is 35.4 Å². The number of rotatable bonds is 3. The molecule has 2 spiro atoms. The number of fused-ring (bicyclic) bond motifs is 1. The van der Waals surface area contributed by atoms with Crippen LogP contribution in [0.4, 0.5) is 22.0 Å². The predicted octanol–water partition coefficient (Wildman–Crippen LogP) is 3.64. The molecule has 206 valence electrons. The molecule has 0 saturated carbocycles. The number of nitrogens with zero attached hydrogens (tertiary/aromatic N) is 3. The van der Waals surface area contributed by atoms with Gasteiger partial charge in [-0.3, -0.25) is 9.59 Å². The van der Waals surface area contributed by atoms with Crippen LogP contribution in [0.2, 0.25) is 0 Å². The average Bonchev–Trinajstić information content (AvgIpc) is 3.24. The van der Waals surface area contributed by atoms with E-state index in [1.165, 1.54) is 0 Å². The van der Waals surface area contributed by atoms with Crippen LogP contribution in [-0.4, -0.2) is 90.1 Å².